The summed E-state index contributed by atoms with van der Waals surface area (Å²) in [5.74, 6) is 2.04. The van der Waals surface area contributed by atoms with Crippen molar-refractivity contribution in [1.29, 1.82) is 0 Å². The molecule has 0 aliphatic rings. The molecule has 0 unspecified atom stereocenters. The van der Waals surface area contributed by atoms with Gasteiger partial charge in [-0.05, 0) is 86.1 Å². The van der Waals surface area contributed by atoms with Crippen LogP contribution < -0.4 is 9.47 Å². The van der Waals surface area contributed by atoms with Gasteiger partial charge < -0.3 is 13.9 Å². The summed E-state index contributed by atoms with van der Waals surface area (Å²) < 4.78 is 21.3. The van der Waals surface area contributed by atoms with Crippen LogP contribution in [0.4, 0.5) is 5.69 Å². The van der Waals surface area contributed by atoms with E-state index in [-0.39, 0.29) is 12.3 Å². The molecule has 6 rings (SSSR count). The van der Waals surface area contributed by atoms with Gasteiger partial charge in [0.2, 0.25) is 5.89 Å². The van der Waals surface area contributed by atoms with Gasteiger partial charge in [-0.1, -0.05) is 34.7 Å². The summed E-state index contributed by atoms with van der Waals surface area (Å²) >= 11 is 0. The van der Waals surface area contributed by atoms with E-state index in [1.807, 2.05) is 58.2 Å². The zero-order chi connectivity index (χ0) is 33.7. The van der Waals surface area contributed by atoms with Crippen molar-refractivity contribution in [3.8, 4) is 17.2 Å². The van der Waals surface area contributed by atoms with E-state index in [2.05, 4.69) is 37.7 Å². The molecule has 49 heavy (non-hydrogen) atoms. The van der Waals surface area contributed by atoms with E-state index >= 15 is 0 Å². The monoisotopic (exact) mass is 660 g/mol. The number of ether oxygens (including phenoxy) is 2. The Morgan fingerprint density at radius 2 is 1.41 bits per heavy atom. The van der Waals surface area contributed by atoms with Crippen LogP contribution in [0.3, 0.4) is 0 Å². The third-order valence-electron chi connectivity index (χ3n) is 7.79. The highest BCUT2D eigenvalue weighted by Gasteiger charge is 2.12. The minimum Gasteiger partial charge on any atom is -0.487 e. The number of non-ortho nitro benzene ring substituents is 1. The van der Waals surface area contributed by atoms with Crippen LogP contribution in [-0.2, 0) is 32.5 Å². The maximum atomic E-state index is 11.5. The van der Waals surface area contributed by atoms with Crippen LogP contribution in [0.5, 0.6) is 17.2 Å². The first-order valence-electron chi connectivity index (χ1n) is 16.1. The second-order valence-corrected chi connectivity index (χ2v) is 11.4. The number of benzene rings is 3. The quantitative estimate of drug-likeness (QED) is 0.0520. The summed E-state index contributed by atoms with van der Waals surface area (Å²) in [5, 5.41) is 27.1. The average Bonchev–Trinajstić information content (AvgIpc) is 3.93. The standard InChI is InChI=1S/C36H36N8O5/c45-44(46)32-13-11-30(35(25-32)49-34-16-9-29(10-17-34)6-2-4-22-43-24-20-38-41-43)12-18-36-39-31(27-48-36)26-47-33-14-7-28(8-15-33)5-1-3-21-42-23-19-37-40-42/h7-20,23-25,27H,1-6,21-22,26H2. The first kappa shape index (κ1) is 32.8. The lowest BCUT2D eigenvalue weighted by Gasteiger charge is -2.10. The Morgan fingerprint density at radius 1 is 0.776 bits per heavy atom. The first-order chi connectivity index (χ1) is 24.1. The molecule has 13 nitrogen and oxygen atoms in total. The molecule has 0 radical (unpaired) electrons. The summed E-state index contributed by atoms with van der Waals surface area (Å²) in [5.41, 5.74) is 3.63. The van der Waals surface area contributed by atoms with Crippen LogP contribution in [0.25, 0.3) is 12.2 Å². The van der Waals surface area contributed by atoms with E-state index in [0.717, 1.165) is 57.4 Å². The number of nitrogens with zero attached hydrogens (tertiary/aromatic N) is 8. The van der Waals surface area contributed by atoms with Crippen molar-refractivity contribution in [3.63, 3.8) is 0 Å². The molecular formula is C36H36N8O5. The Morgan fingerprint density at radius 3 is 2.00 bits per heavy atom. The number of hydrogen-bond acceptors (Lipinski definition) is 10. The fraction of sp³-hybridized carbons (Fsp3) is 0.250. The lowest BCUT2D eigenvalue weighted by atomic mass is 10.1. The molecular weight excluding hydrogens is 624 g/mol. The number of aromatic nitrogens is 7. The molecule has 0 amide bonds. The number of aryl methyl sites for hydroxylation is 4. The lowest BCUT2D eigenvalue weighted by Crippen LogP contribution is -1.99. The predicted molar refractivity (Wildman–Crippen MR) is 182 cm³/mol. The third kappa shape index (κ3) is 9.94. The summed E-state index contributed by atoms with van der Waals surface area (Å²) in [6.07, 6.45) is 18.1. The van der Waals surface area contributed by atoms with E-state index in [0.29, 0.717) is 28.6 Å². The SMILES string of the molecule is O=[N+]([O-])c1ccc(C=Cc2nc(COc3ccc(CCCCn4ccnn4)cc3)co2)c(Oc2ccc(CCCCn3ccnn3)cc2)c1. The smallest absolute Gasteiger partial charge is 0.273 e. The van der Waals surface area contributed by atoms with Crippen LogP contribution in [0.1, 0.15) is 54.0 Å². The van der Waals surface area contributed by atoms with Gasteiger partial charge in [0.15, 0.2) is 0 Å². The number of oxazole rings is 1. The molecule has 0 aliphatic carbocycles. The van der Waals surface area contributed by atoms with Gasteiger partial charge >= 0.3 is 0 Å². The Hall–Kier alpha value is -6.11. The van der Waals surface area contributed by atoms with Gasteiger partial charge in [-0.3, -0.25) is 19.5 Å². The molecule has 6 aromatic rings. The summed E-state index contributed by atoms with van der Waals surface area (Å²) in [7, 11) is 0. The molecule has 3 heterocycles. The van der Waals surface area contributed by atoms with Gasteiger partial charge in [-0.25, -0.2) is 4.98 Å². The summed E-state index contributed by atoms with van der Waals surface area (Å²) in [4.78, 5) is 15.5. The number of nitro groups is 1. The predicted octanol–water partition coefficient (Wildman–Crippen LogP) is 7.35. The van der Waals surface area contributed by atoms with Crippen LogP contribution in [-0.4, -0.2) is 39.9 Å². The Balaban J connectivity index is 0.999. The van der Waals surface area contributed by atoms with Crippen LogP contribution >= 0.6 is 0 Å². The van der Waals surface area contributed by atoms with Gasteiger partial charge in [-0.2, -0.15) is 0 Å². The van der Waals surface area contributed by atoms with Crippen molar-refractivity contribution < 1.29 is 18.8 Å². The van der Waals surface area contributed by atoms with E-state index in [9.17, 15) is 10.1 Å². The molecule has 0 N–H and O–H groups in total. The van der Waals surface area contributed by atoms with E-state index < -0.39 is 4.92 Å². The molecule has 0 atom stereocenters. The van der Waals surface area contributed by atoms with Crippen LogP contribution in [0.15, 0.2) is 102 Å². The van der Waals surface area contributed by atoms with Crippen molar-refractivity contribution in [2.75, 3.05) is 0 Å². The highest BCUT2D eigenvalue weighted by molar-refractivity contribution is 5.71. The second kappa shape index (κ2) is 16.6. The maximum Gasteiger partial charge on any atom is 0.273 e. The van der Waals surface area contributed by atoms with Gasteiger partial charge in [0, 0.05) is 43.2 Å². The van der Waals surface area contributed by atoms with Gasteiger partial charge in [-0.15, -0.1) is 10.2 Å². The first-order valence-corrected chi connectivity index (χ1v) is 16.1. The van der Waals surface area contributed by atoms with Crippen molar-refractivity contribution in [3.05, 3.63) is 136 Å². The molecule has 0 saturated heterocycles. The maximum absolute atomic E-state index is 11.5. The largest absolute Gasteiger partial charge is 0.487 e. The molecule has 3 aromatic carbocycles. The molecule has 250 valence electrons. The fourth-order valence-electron chi connectivity index (χ4n) is 5.16. The number of nitro benzene ring substituents is 1. The van der Waals surface area contributed by atoms with Crippen LogP contribution in [0, 0.1) is 10.1 Å². The minimum atomic E-state index is -0.445. The fourth-order valence-corrected chi connectivity index (χ4v) is 5.16. The third-order valence-corrected chi connectivity index (χ3v) is 7.79. The zero-order valence-electron chi connectivity index (χ0n) is 26.9. The van der Waals surface area contributed by atoms with Crippen LogP contribution in [0.2, 0.25) is 0 Å². The highest BCUT2D eigenvalue weighted by atomic mass is 16.6. The van der Waals surface area contributed by atoms with Gasteiger partial charge in [0.25, 0.3) is 5.69 Å². The highest BCUT2D eigenvalue weighted by Crippen LogP contribution is 2.31. The Kier molecular flexibility index (Phi) is 11.1. The van der Waals surface area contributed by atoms with E-state index in [1.165, 1.54) is 23.3 Å². The van der Waals surface area contributed by atoms with Crippen molar-refractivity contribution >= 4 is 17.8 Å². The number of rotatable bonds is 18. The second-order valence-electron chi connectivity index (χ2n) is 11.4. The number of hydrogen-bond donors (Lipinski definition) is 0. The van der Waals surface area contributed by atoms with Crippen molar-refractivity contribution in [2.24, 2.45) is 0 Å². The number of unbranched alkanes of at least 4 members (excludes halogenated alkanes) is 2. The summed E-state index contributed by atoms with van der Waals surface area (Å²) in [6, 6.07) is 20.3. The van der Waals surface area contributed by atoms with Gasteiger partial charge in [0.05, 0.1) is 23.4 Å². The van der Waals surface area contributed by atoms with Crippen molar-refractivity contribution in [2.45, 2.75) is 58.2 Å². The average molecular weight is 661 g/mol. The molecule has 0 saturated carbocycles. The Bertz CT molecular complexity index is 1920. The zero-order valence-corrected chi connectivity index (χ0v) is 26.9. The van der Waals surface area contributed by atoms with E-state index in [1.54, 1.807) is 36.9 Å². The molecule has 0 fully saturated rings. The molecule has 0 aliphatic heterocycles. The molecule has 3 aromatic heterocycles. The normalized spacial score (nSPS) is 11.3. The topological polar surface area (TPSA) is 149 Å². The molecule has 0 spiro atoms. The Labute approximate surface area is 283 Å². The van der Waals surface area contributed by atoms with Crippen molar-refractivity contribution in [1.82, 2.24) is 35.0 Å². The minimum absolute atomic E-state index is 0.0668. The lowest BCUT2D eigenvalue weighted by molar-refractivity contribution is -0.384. The van der Waals surface area contributed by atoms with E-state index in [4.69, 9.17) is 13.9 Å². The van der Waals surface area contributed by atoms with Gasteiger partial charge in [0.1, 0.15) is 35.8 Å². The molecule has 0 bridgehead atoms. The summed E-state index contributed by atoms with van der Waals surface area (Å²) in [6.45, 7) is 1.94. The molecule has 13 heteroatoms.